The van der Waals surface area contributed by atoms with E-state index in [1.54, 1.807) is 54.6 Å². The van der Waals surface area contributed by atoms with Crippen LogP contribution in [0.25, 0.3) is 39.3 Å². The van der Waals surface area contributed by atoms with Gasteiger partial charge in [0, 0.05) is 60.8 Å². The van der Waals surface area contributed by atoms with Crippen molar-refractivity contribution in [2.45, 2.75) is 25.3 Å². The van der Waals surface area contributed by atoms with Gasteiger partial charge in [0.2, 0.25) is 5.91 Å². The lowest BCUT2D eigenvalue weighted by molar-refractivity contribution is -0.116. The van der Waals surface area contributed by atoms with Crippen LogP contribution in [0.15, 0.2) is 89.5 Å². The molecule has 0 saturated carbocycles. The standard InChI is InChI=1S/C35H28F4N4O3/c36-27-14-25(15-28(37)18-27)30-17-24(22-3-5-23(6-4-22)34(45)43-11-9-35(38,39)10-12-43)13-26-16-29(46-33(26)30)20-42-32(44)8-2-21-1-7-31(40)41-19-21/h1-8,13-19H,9-12,20H2,(H2,40,41)(H,42,44)/b8-2+. The molecule has 0 spiro atoms. The quantitative estimate of drug-likeness (QED) is 0.146. The molecule has 0 atom stereocenters. The molecule has 0 unspecified atom stereocenters. The molecule has 6 rings (SSSR count). The number of fused-ring (bicyclic) bond motifs is 1. The van der Waals surface area contributed by atoms with Crippen molar-refractivity contribution < 1.29 is 31.6 Å². The zero-order chi connectivity index (χ0) is 32.4. The van der Waals surface area contributed by atoms with Gasteiger partial charge in [-0.25, -0.2) is 22.5 Å². The second-order valence-electron chi connectivity index (χ2n) is 11.1. The molecule has 11 heteroatoms. The lowest BCUT2D eigenvalue weighted by Gasteiger charge is -2.31. The first-order valence-corrected chi connectivity index (χ1v) is 14.5. The Kier molecular flexibility index (Phi) is 8.31. The normalized spacial score (nSPS) is 14.6. The zero-order valence-electron chi connectivity index (χ0n) is 24.4. The van der Waals surface area contributed by atoms with E-state index in [2.05, 4.69) is 10.3 Å². The van der Waals surface area contributed by atoms with Crippen LogP contribution in [0.5, 0.6) is 0 Å². The fourth-order valence-electron chi connectivity index (χ4n) is 5.33. The monoisotopic (exact) mass is 628 g/mol. The molecule has 46 heavy (non-hydrogen) atoms. The highest BCUT2D eigenvalue weighted by Gasteiger charge is 2.35. The molecule has 1 fully saturated rings. The number of furan rings is 1. The van der Waals surface area contributed by atoms with E-state index in [4.69, 9.17) is 10.2 Å². The third kappa shape index (κ3) is 6.93. The Hall–Kier alpha value is -5.45. The number of amides is 2. The fourth-order valence-corrected chi connectivity index (χ4v) is 5.33. The van der Waals surface area contributed by atoms with E-state index < -0.39 is 17.6 Å². The zero-order valence-corrected chi connectivity index (χ0v) is 24.4. The van der Waals surface area contributed by atoms with Crippen LogP contribution in [0, 0.1) is 11.6 Å². The fraction of sp³-hybridized carbons (Fsp3) is 0.171. The highest BCUT2D eigenvalue weighted by Crippen LogP contribution is 2.37. The summed E-state index contributed by atoms with van der Waals surface area (Å²) >= 11 is 0. The molecule has 0 aliphatic carbocycles. The number of nitrogens with one attached hydrogen (secondary N) is 1. The average Bonchev–Trinajstić information content (AvgIpc) is 3.45. The Balaban J connectivity index is 1.27. The number of carbonyl (C=O) groups excluding carboxylic acids is 2. The average molecular weight is 629 g/mol. The van der Waals surface area contributed by atoms with Crippen molar-refractivity contribution in [1.29, 1.82) is 0 Å². The molecule has 1 aliphatic rings. The molecule has 3 aromatic carbocycles. The molecule has 3 heterocycles. The van der Waals surface area contributed by atoms with Crippen molar-refractivity contribution in [2.75, 3.05) is 18.8 Å². The van der Waals surface area contributed by atoms with Gasteiger partial charge in [-0.1, -0.05) is 12.1 Å². The van der Waals surface area contributed by atoms with Gasteiger partial charge in [0.15, 0.2) is 0 Å². The van der Waals surface area contributed by atoms with Crippen molar-refractivity contribution >= 4 is 34.7 Å². The summed E-state index contributed by atoms with van der Waals surface area (Å²) in [4.78, 5) is 30.8. The number of hydrogen-bond acceptors (Lipinski definition) is 5. The van der Waals surface area contributed by atoms with Gasteiger partial charge in [-0.05, 0) is 82.9 Å². The number of anilines is 1. The number of rotatable bonds is 7. The Labute approximate surface area is 261 Å². The maximum Gasteiger partial charge on any atom is 0.253 e. The number of piperidine rings is 1. The number of aromatic nitrogens is 1. The molecule has 0 bridgehead atoms. The number of benzene rings is 3. The van der Waals surface area contributed by atoms with Crippen LogP contribution in [-0.2, 0) is 11.3 Å². The number of nitrogen functional groups attached to an aromatic ring is 1. The first-order valence-electron chi connectivity index (χ1n) is 14.5. The van der Waals surface area contributed by atoms with Gasteiger partial charge in [-0.2, -0.15) is 0 Å². The Morgan fingerprint density at radius 2 is 1.63 bits per heavy atom. The second-order valence-corrected chi connectivity index (χ2v) is 11.1. The smallest absolute Gasteiger partial charge is 0.253 e. The van der Waals surface area contributed by atoms with Gasteiger partial charge < -0.3 is 20.4 Å². The Morgan fingerprint density at radius 1 is 0.913 bits per heavy atom. The molecule has 1 saturated heterocycles. The first-order chi connectivity index (χ1) is 22.0. The third-order valence-electron chi connectivity index (χ3n) is 7.76. The topological polar surface area (TPSA) is 101 Å². The van der Waals surface area contributed by atoms with Crippen LogP contribution >= 0.6 is 0 Å². The summed E-state index contributed by atoms with van der Waals surface area (Å²) < 4.78 is 61.7. The first kappa shape index (κ1) is 30.6. The maximum absolute atomic E-state index is 14.3. The summed E-state index contributed by atoms with van der Waals surface area (Å²) in [6.45, 7) is 0.0121. The van der Waals surface area contributed by atoms with Crippen molar-refractivity contribution in [3.05, 3.63) is 114 Å². The van der Waals surface area contributed by atoms with Crippen LogP contribution in [0.1, 0.15) is 34.5 Å². The molecule has 5 aromatic rings. The van der Waals surface area contributed by atoms with Crippen LogP contribution in [-0.4, -0.2) is 40.7 Å². The summed E-state index contributed by atoms with van der Waals surface area (Å²) in [6, 6.07) is 18.5. The number of nitrogens with zero attached hydrogens (tertiary/aromatic N) is 2. The van der Waals surface area contributed by atoms with Crippen molar-refractivity contribution in [3.8, 4) is 22.3 Å². The Morgan fingerprint density at radius 3 is 2.30 bits per heavy atom. The van der Waals surface area contributed by atoms with E-state index in [9.17, 15) is 27.2 Å². The molecule has 7 nitrogen and oxygen atoms in total. The van der Waals surface area contributed by atoms with Gasteiger partial charge in [0.1, 0.15) is 28.8 Å². The number of halogens is 4. The van der Waals surface area contributed by atoms with Crippen molar-refractivity contribution in [1.82, 2.24) is 15.2 Å². The molecule has 1 aliphatic heterocycles. The lowest BCUT2D eigenvalue weighted by Crippen LogP contribution is -2.42. The van der Waals surface area contributed by atoms with Gasteiger partial charge in [0.25, 0.3) is 11.8 Å². The molecular formula is C35H28F4N4O3. The van der Waals surface area contributed by atoms with E-state index in [0.717, 1.165) is 6.07 Å². The number of pyridine rings is 1. The van der Waals surface area contributed by atoms with E-state index in [1.807, 2.05) is 6.07 Å². The number of alkyl halides is 2. The van der Waals surface area contributed by atoms with E-state index >= 15 is 0 Å². The second kappa shape index (κ2) is 12.5. The summed E-state index contributed by atoms with van der Waals surface area (Å²) in [5.74, 6) is -4.19. The SMILES string of the molecule is Nc1ccc(/C=C/C(=O)NCc2cc3cc(-c4ccc(C(=O)N5CCC(F)(F)CC5)cc4)cc(-c4cc(F)cc(F)c4)c3o2)cn1. The summed E-state index contributed by atoms with van der Waals surface area (Å²) in [5, 5.41) is 3.38. The minimum absolute atomic E-state index is 0.0164. The summed E-state index contributed by atoms with van der Waals surface area (Å²) in [5.41, 5.74) is 9.08. The third-order valence-corrected chi connectivity index (χ3v) is 7.76. The van der Waals surface area contributed by atoms with E-state index in [-0.39, 0.29) is 49.9 Å². The van der Waals surface area contributed by atoms with E-state index in [0.29, 0.717) is 50.4 Å². The molecule has 234 valence electrons. The lowest BCUT2D eigenvalue weighted by atomic mass is 9.96. The maximum atomic E-state index is 14.3. The number of hydrogen-bond donors (Lipinski definition) is 2. The predicted molar refractivity (Wildman–Crippen MR) is 167 cm³/mol. The van der Waals surface area contributed by atoms with Gasteiger partial charge >= 0.3 is 0 Å². The van der Waals surface area contributed by atoms with Crippen LogP contribution in [0.2, 0.25) is 0 Å². The molecule has 2 amide bonds. The van der Waals surface area contributed by atoms with Gasteiger partial charge in [-0.15, -0.1) is 0 Å². The highest BCUT2D eigenvalue weighted by molar-refractivity contribution is 5.98. The minimum atomic E-state index is -2.76. The molecular weight excluding hydrogens is 600 g/mol. The summed E-state index contributed by atoms with van der Waals surface area (Å²) in [6.07, 6.45) is 3.75. The number of carbonyl (C=O) groups is 2. The van der Waals surface area contributed by atoms with Crippen molar-refractivity contribution in [2.24, 2.45) is 0 Å². The largest absolute Gasteiger partial charge is 0.459 e. The summed E-state index contributed by atoms with van der Waals surface area (Å²) in [7, 11) is 0. The van der Waals surface area contributed by atoms with Crippen LogP contribution in [0.3, 0.4) is 0 Å². The molecule has 0 radical (unpaired) electrons. The highest BCUT2D eigenvalue weighted by atomic mass is 19.3. The molecule has 2 aromatic heterocycles. The predicted octanol–water partition coefficient (Wildman–Crippen LogP) is 7.22. The van der Waals surface area contributed by atoms with Crippen LogP contribution in [0.4, 0.5) is 23.4 Å². The van der Waals surface area contributed by atoms with Crippen molar-refractivity contribution in [3.63, 3.8) is 0 Å². The van der Waals surface area contributed by atoms with E-state index in [1.165, 1.54) is 29.3 Å². The van der Waals surface area contributed by atoms with Gasteiger partial charge in [-0.3, -0.25) is 9.59 Å². The number of likely N-dealkylation sites (tertiary alicyclic amines) is 1. The number of nitrogens with two attached hydrogens (primary N) is 1. The minimum Gasteiger partial charge on any atom is -0.459 e. The van der Waals surface area contributed by atoms with Gasteiger partial charge in [0.05, 0.1) is 6.54 Å². The molecule has 3 N–H and O–H groups in total. The Bertz CT molecular complexity index is 1920. The van der Waals surface area contributed by atoms with Crippen LogP contribution < -0.4 is 11.1 Å².